The molecule has 2 saturated heterocycles. The molecule has 0 aliphatic carbocycles. The van der Waals surface area contributed by atoms with E-state index in [1.54, 1.807) is 17.3 Å². The van der Waals surface area contributed by atoms with Gasteiger partial charge in [0.1, 0.15) is 0 Å². The summed E-state index contributed by atoms with van der Waals surface area (Å²) in [5, 5.41) is 20.9. The molecule has 3 heterocycles. The molecule has 0 amide bonds. The van der Waals surface area contributed by atoms with Gasteiger partial charge < -0.3 is 24.7 Å². The van der Waals surface area contributed by atoms with Gasteiger partial charge in [-0.25, -0.2) is 14.9 Å². The van der Waals surface area contributed by atoms with E-state index < -0.39 is 53.4 Å². The van der Waals surface area contributed by atoms with Gasteiger partial charge in [-0.1, -0.05) is 37.3 Å². The van der Waals surface area contributed by atoms with E-state index in [-0.39, 0.29) is 36.2 Å². The average molecular weight is 752 g/mol. The number of anilines is 2. The molecular formula is C38H47F6N5O4. The number of benzene rings is 2. The van der Waals surface area contributed by atoms with Crippen LogP contribution in [0.15, 0.2) is 60.9 Å². The molecule has 0 radical (unpaired) electrons. The van der Waals surface area contributed by atoms with Crippen molar-refractivity contribution < 1.29 is 46.1 Å². The minimum Gasteiger partial charge on any atom is -0.481 e. The summed E-state index contributed by atoms with van der Waals surface area (Å²) in [5.41, 5.74) is -2.10. The summed E-state index contributed by atoms with van der Waals surface area (Å²) in [6, 6.07) is 10.1. The summed E-state index contributed by atoms with van der Waals surface area (Å²) in [5.74, 6) is -1.18. The summed E-state index contributed by atoms with van der Waals surface area (Å²) < 4.78 is 89.7. The summed E-state index contributed by atoms with van der Waals surface area (Å²) >= 11 is 0. The Balaban J connectivity index is 1.55. The maximum atomic E-state index is 13.9. The van der Waals surface area contributed by atoms with Crippen LogP contribution in [-0.2, 0) is 34.8 Å². The van der Waals surface area contributed by atoms with Crippen LogP contribution in [0.3, 0.4) is 0 Å². The number of aliphatic hydroxyl groups excluding tert-OH is 1. The van der Waals surface area contributed by atoms with Crippen molar-refractivity contribution in [2.24, 2.45) is 5.92 Å². The Morgan fingerprint density at radius 2 is 1.47 bits per heavy atom. The van der Waals surface area contributed by atoms with Gasteiger partial charge in [0.05, 0.1) is 40.7 Å². The van der Waals surface area contributed by atoms with Crippen molar-refractivity contribution in [3.8, 4) is 0 Å². The van der Waals surface area contributed by atoms with Crippen molar-refractivity contribution in [2.75, 3.05) is 22.9 Å². The van der Waals surface area contributed by atoms with Crippen molar-refractivity contribution in [1.82, 2.24) is 14.9 Å². The Morgan fingerprint density at radius 3 is 1.98 bits per heavy atom. The number of carboxylic acids is 1. The van der Waals surface area contributed by atoms with Crippen LogP contribution in [0.25, 0.3) is 0 Å². The summed E-state index contributed by atoms with van der Waals surface area (Å²) in [6.07, 6.45) is -5.55. The Hall–Kier alpha value is -3.95. The van der Waals surface area contributed by atoms with Gasteiger partial charge in [0.25, 0.3) is 0 Å². The predicted molar refractivity (Wildman–Crippen MR) is 187 cm³/mol. The van der Waals surface area contributed by atoms with Gasteiger partial charge in [-0.2, -0.15) is 26.3 Å². The second-order valence-corrected chi connectivity index (χ2v) is 14.9. The van der Waals surface area contributed by atoms with Crippen LogP contribution in [0.1, 0.15) is 82.1 Å². The molecule has 0 saturated carbocycles. The molecule has 0 spiro atoms. The number of hydrogen-bond acceptors (Lipinski definition) is 8. The minimum absolute atomic E-state index is 0.116. The molecule has 2 aliphatic heterocycles. The van der Waals surface area contributed by atoms with E-state index in [0.717, 1.165) is 17.7 Å². The van der Waals surface area contributed by atoms with Gasteiger partial charge in [-0.05, 0) is 88.6 Å². The molecule has 2 fully saturated rings. The average Bonchev–Trinajstić information content (AvgIpc) is 3.09. The number of rotatable bonds is 11. The lowest BCUT2D eigenvalue weighted by Crippen LogP contribution is -2.60. The highest BCUT2D eigenvalue weighted by molar-refractivity contribution is 5.70. The largest absolute Gasteiger partial charge is 0.481 e. The fourth-order valence-corrected chi connectivity index (χ4v) is 7.39. The molecule has 3 aromatic rings. The predicted octanol–water partition coefficient (Wildman–Crippen LogP) is 7.77. The van der Waals surface area contributed by atoms with Gasteiger partial charge in [0, 0.05) is 37.8 Å². The smallest absolute Gasteiger partial charge is 0.416 e. The fraction of sp³-hybridized carbons (Fsp3) is 0.553. The van der Waals surface area contributed by atoms with Crippen LogP contribution < -0.4 is 9.80 Å². The summed E-state index contributed by atoms with van der Waals surface area (Å²) in [4.78, 5) is 26.2. The quantitative estimate of drug-likeness (QED) is 0.150. The number of hydrogen-bond donors (Lipinski definition) is 2. The zero-order valence-electron chi connectivity index (χ0n) is 30.2. The highest BCUT2D eigenvalue weighted by Gasteiger charge is 2.43. The first-order chi connectivity index (χ1) is 24.8. The lowest BCUT2D eigenvalue weighted by Gasteiger charge is -2.50. The number of aliphatic carboxylic acids is 1. The highest BCUT2D eigenvalue weighted by Crippen LogP contribution is 2.39. The SMILES string of the molecule is CC[C@@H]1C[C@H](N(Cc2cc(C(F)(F)F)cc(C(F)(F)F)c2)c2ncc(N3CCC(C(=O)O)CC3)cn2)C[C@H](Cc2ccccc2)N1C(O)OC(C)(C)C. The normalized spacial score (nSPS) is 21.4. The Kier molecular flexibility index (Phi) is 12.3. The van der Waals surface area contributed by atoms with Gasteiger partial charge in [-0.15, -0.1) is 0 Å². The minimum atomic E-state index is -5.02. The van der Waals surface area contributed by atoms with E-state index in [9.17, 15) is 41.4 Å². The number of ether oxygens (including phenoxy) is 1. The van der Waals surface area contributed by atoms with Gasteiger partial charge in [-0.3, -0.25) is 4.79 Å². The van der Waals surface area contributed by atoms with Crippen LogP contribution in [-0.4, -0.2) is 74.3 Å². The molecule has 4 atom stereocenters. The van der Waals surface area contributed by atoms with Crippen molar-refractivity contribution in [2.45, 2.75) is 115 Å². The lowest BCUT2D eigenvalue weighted by atomic mass is 9.86. The van der Waals surface area contributed by atoms with Gasteiger partial charge >= 0.3 is 18.3 Å². The zero-order chi connectivity index (χ0) is 38.7. The molecule has 2 N–H and O–H groups in total. The molecule has 9 nitrogen and oxygen atoms in total. The number of carbonyl (C=O) groups is 1. The fourth-order valence-electron chi connectivity index (χ4n) is 7.39. The molecule has 2 aromatic carbocycles. The molecule has 15 heteroatoms. The third-order valence-corrected chi connectivity index (χ3v) is 9.96. The maximum absolute atomic E-state index is 13.9. The van der Waals surface area contributed by atoms with Crippen LogP contribution >= 0.6 is 0 Å². The second kappa shape index (κ2) is 16.2. The Morgan fingerprint density at radius 1 is 0.906 bits per heavy atom. The molecule has 290 valence electrons. The van der Waals surface area contributed by atoms with Crippen molar-refractivity contribution in [3.05, 3.63) is 83.2 Å². The van der Waals surface area contributed by atoms with E-state index in [2.05, 4.69) is 9.97 Å². The summed E-state index contributed by atoms with van der Waals surface area (Å²) in [6.45, 7) is 8.02. The molecule has 1 unspecified atom stereocenters. The number of aliphatic hydroxyl groups is 1. The molecular weight excluding hydrogens is 704 g/mol. The molecule has 0 bridgehead atoms. The number of nitrogens with zero attached hydrogens (tertiary/aromatic N) is 5. The van der Waals surface area contributed by atoms with E-state index in [0.29, 0.717) is 57.3 Å². The number of piperidine rings is 2. The number of aromatic nitrogens is 2. The van der Waals surface area contributed by atoms with Crippen molar-refractivity contribution in [3.63, 3.8) is 0 Å². The Bertz CT molecular complexity index is 1630. The Labute approximate surface area is 305 Å². The van der Waals surface area contributed by atoms with Crippen molar-refractivity contribution >= 4 is 17.6 Å². The number of alkyl halides is 6. The highest BCUT2D eigenvalue weighted by atomic mass is 19.4. The second-order valence-electron chi connectivity index (χ2n) is 14.9. The third kappa shape index (κ3) is 10.4. The van der Waals surface area contributed by atoms with Gasteiger partial charge in [0.15, 0.2) is 0 Å². The van der Waals surface area contributed by atoms with Crippen LogP contribution in [0, 0.1) is 5.92 Å². The van der Waals surface area contributed by atoms with Crippen LogP contribution in [0.2, 0.25) is 0 Å². The number of carboxylic acid groups (broad SMARTS) is 1. The first-order valence-corrected chi connectivity index (χ1v) is 17.8. The van der Waals surface area contributed by atoms with Crippen LogP contribution in [0.5, 0.6) is 0 Å². The van der Waals surface area contributed by atoms with E-state index in [4.69, 9.17) is 4.74 Å². The number of halogens is 6. The first-order valence-electron chi connectivity index (χ1n) is 17.8. The molecule has 5 rings (SSSR count). The van der Waals surface area contributed by atoms with Crippen molar-refractivity contribution in [1.29, 1.82) is 0 Å². The molecule has 1 aromatic heterocycles. The zero-order valence-corrected chi connectivity index (χ0v) is 30.2. The standard InChI is InChI=1S/C38H47F6N5O4/c1-5-29-19-30(20-31(17-24-9-7-6-8-10-24)49(29)35(52)53-36(2,3)4)48(23-25-15-27(37(39,40)41)18-28(16-25)38(42,43)44)34-45-21-32(22-46-34)47-13-11-26(12-14-47)33(50)51/h6-10,15-16,18,21-22,26,29-31,35,52H,5,11-14,17,19-20,23H2,1-4H3,(H,50,51)/t29-,30+,31+,35?/m1/s1. The number of likely N-dealkylation sites (tertiary alicyclic amines) is 1. The topological polar surface area (TPSA) is 102 Å². The molecule has 2 aliphatic rings. The van der Waals surface area contributed by atoms with E-state index in [1.165, 1.54) is 0 Å². The first kappa shape index (κ1) is 40.2. The van der Waals surface area contributed by atoms with Gasteiger partial charge in [0.2, 0.25) is 12.4 Å². The lowest BCUT2D eigenvalue weighted by molar-refractivity contribution is -0.264. The third-order valence-electron chi connectivity index (χ3n) is 9.96. The maximum Gasteiger partial charge on any atom is 0.416 e. The monoisotopic (exact) mass is 751 g/mol. The van der Waals surface area contributed by atoms with E-state index >= 15 is 0 Å². The van der Waals surface area contributed by atoms with Crippen LogP contribution in [0.4, 0.5) is 38.0 Å². The molecule has 53 heavy (non-hydrogen) atoms. The summed E-state index contributed by atoms with van der Waals surface area (Å²) in [7, 11) is 0. The van der Waals surface area contributed by atoms with E-state index in [1.807, 2.05) is 67.8 Å².